The third-order valence-corrected chi connectivity index (χ3v) is 5.93. The third kappa shape index (κ3) is 4.70. The van der Waals surface area contributed by atoms with E-state index in [9.17, 15) is 18.0 Å². The summed E-state index contributed by atoms with van der Waals surface area (Å²) in [7, 11) is 5.85. The zero-order valence-corrected chi connectivity index (χ0v) is 20.0. The predicted octanol–water partition coefficient (Wildman–Crippen LogP) is 4.83. The maximum Gasteiger partial charge on any atom is 0.410 e. The number of aromatic nitrogens is 2. The highest BCUT2D eigenvalue weighted by atomic mass is 19.4. The molecule has 0 saturated carbocycles. The highest BCUT2D eigenvalue weighted by molar-refractivity contribution is 6.07. The highest BCUT2D eigenvalue weighted by Gasteiger charge is 2.47. The van der Waals surface area contributed by atoms with Gasteiger partial charge >= 0.3 is 6.18 Å². The van der Waals surface area contributed by atoms with Crippen LogP contribution in [0.5, 0.6) is 23.0 Å². The zero-order chi connectivity index (χ0) is 26.0. The Hall–Kier alpha value is -4.09. The summed E-state index contributed by atoms with van der Waals surface area (Å²) in [6, 6.07) is 6.92. The molecule has 192 valence electrons. The molecule has 2 aromatic carbocycles. The van der Waals surface area contributed by atoms with Gasteiger partial charge in [0.1, 0.15) is 11.4 Å². The van der Waals surface area contributed by atoms with Crippen molar-refractivity contribution in [2.75, 3.05) is 39.1 Å². The van der Waals surface area contributed by atoms with Crippen molar-refractivity contribution in [2.24, 2.45) is 0 Å². The fraction of sp³-hybridized carbons (Fsp3) is 0.333. The molecule has 36 heavy (non-hydrogen) atoms. The Balaban J connectivity index is 1.68. The smallest absolute Gasteiger partial charge is 0.410 e. The lowest BCUT2D eigenvalue weighted by Gasteiger charge is -2.34. The van der Waals surface area contributed by atoms with Crippen LogP contribution < -0.4 is 29.6 Å². The molecule has 1 aliphatic rings. The van der Waals surface area contributed by atoms with Crippen LogP contribution in [-0.2, 0) is 0 Å². The monoisotopic (exact) mass is 506 g/mol. The van der Waals surface area contributed by atoms with Gasteiger partial charge in [0, 0.05) is 18.2 Å². The molecule has 0 aliphatic carbocycles. The van der Waals surface area contributed by atoms with Gasteiger partial charge in [-0.2, -0.15) is 18.3 Å². The topological polar surface area (TPSA) is 95.9 Å². The molecule has 0 spiro atoms. The Morgan fingerprint density at radius 3 is 2.19 bits per heavy atom. The first-order valence-electron chi connectivity index (χ1n) is 10.9. The molecular weight excluding hydrogens is 481 g/mol. The van der Waals surface area contributed by atoms with E-state index in [2.05, 4.69) is 15.7 Å². The number of nitrogens with one attached hydrogen (secondary N) is 2. The SMILES string of the molecule is COc1ccc(NC(=O)c2cnn3c2N[C@@H](c2ccc(OC)c(OC)c2)C[C@@H]3C(F)(F)F)cc1OC. The molecule has 1 aromatic heterocycles. The van der Waals surface area contributed by atoms with E-state index >= 15 is 0 Å². The normalized spacial score (nSPS) is 17.0. The third-order valence-electron chi connectivity index (χ3n) is 5.93. The van der Waals surface area contributed by atoms with E-state index in [1.54, 1.807) is 36.4 Å². The predicted molar refractivity (Wildman–Crippen MR) is 125 cm³/mol. The number of hydrogen-bond donors (Lipinski definition) is 2. The van der Waals surface area contributed by atoms with Crippen molar-refractivity contribution in [3.8, 4) is 23.0 Å². The van der Waals surface area contributed by atoms with Crippen molar-refractivity contribution in [1.82, 2.24) is 9.78 Å². The molecule has 9 nitrogen and oxygen atoms in total. The lowest BCUT2D eigenvalue weighted by atomic mass is 9.96. The molecule has 0 fully saturated rings. The second-order valence-corrected chi connectivity index (χ2v) is 7.98. The molecule has 2 N–H and O–H groups in total. The summed E-state index contributed by atoms with van der Waals surface area (Å²) >= 11 is 0. The summed E-state index contributed by atoms with van der Waals surface area (Å²) < 4.78 is 63.8. The van der Waals surface area contributed by atoms with Gasteiger partial charge in [-0.15, -0.1) is 0 Å². The summed E-state index contributed by atoms with van der Waals surface area (Å²) in [5.41, 5.74) is 0.877. The Labute approximate surface area is 205 Å². The Morgan fingerprint density at radius 1 is 0.972 bits per heavy atom. The Kier molecular flexibility index (Phi) is 6.86. The summed E-state index contributed by atoms with van der Waals surface area (Å²) in [5, 5.41) is 9.64. The number of ether oxygens (including phenoxy) is 4. The number of anilines is 2. The van der Waals surface area contributed by atoms with Gasteiger partial charge in [0.05, 0.1) is 40.7 Å². The number of halogens is 3. The van der Waals surface area contributed by atoms with Gasteiger partial charge in [-0.1, -0.05) is 6.07 Å². The standard InChI is InChI=1S/C24H25F3N4O5/c1-33-17-7-5-13(9-19(17)35-3)16-11-21(24(25,26)27)31-22(30-16)15(12-28-31)23(32)29-14-6-8-18(34-2)20(10-14)36-4/h5-10,12,16,21,30H,11H2,1-4H3,(H,29,32)/t16-,21-/m1/s1. The van der Waals surface area contributed by atoms with Gasteiger partial charge in [0.25, 0.3) is 5.91 Å². The molecule has 2 heterocycles. The van der Waals surface area contributed by atoms with Gasteiger partial charge in [0.2, 0.25) is 0 Å². The van der Waals surface area contributed by atoms with Crippen molar-refractivity contribution in [2.45, 2.75) is 24.7 Å². The van der Waals surface area contributed by atoms with Crippen LogP contribution in [0.15, 0.2) is 42.6 Å². The van der Waals surface area contributed by atoms with Gasteiger partial charge in [-0.3, -0.25) is 4.79 Å². The minimum atomic E-state index is -4.59. The second kappa shape index (κ2) is 9.88. The van der Waals surface area contributed by atoms with Crippen LogP contribution in [0.25, 0.3) is 0 Å². The van der Waals surface area contributed by atoms with Crippen LogP contribution in [0.1, 0.15) is 34.4 Å². The van der Waals surface area contributed by atoms with E-state index < -0.39 is 24.2 Å². The molecule has 0 bridgehead atoms. The summed E-state index contributed by atoms with van der Waals surface area (Å²) in [4.78, 5) is 13.1. The van der Waals surface area contributed by atoms with Crippen LogP contribution in [0.3, 0.4) is 0 Å². The molecule has 1 aliphatic heterocycles. The van der Waals surface area contributed by atoms with Crippen molar-refractivity contribution in [1.29, 1.82) is 0 Å². The van der Waals surface area contributed by atoms with Crippen LogP contribution >= 0.6 is 0 Å². The number of amides is 1. The number of hydrogen-bond acceptors (Lipinski definition) is 7. The van der Waals surface area contributed by atoms with E-state index in [1.165, 1.54) is 28.4 Å². The van der Waals surface area contributed by atoms with Crippen molar-refractivity contribution < 1.29 is 36.9 Å². The molecule has 2 atom stereocenters. The fourth-order valence-electron chi connectivity index (χ4n) is 4.13. The fourth-order valence-corrected chi connectivity index (χ4v) is 4.13. The summed E-state index contributed by atoms with van der Waals surface area (Å²) in [5.74, 6) is 1.00. The largest absolute Gasteiger partial charge is 0.493 e. The maximum absolute atomic E-state index is 14.0. The summed E-state index contributed by atoms with van der Waals surface area (Å²) in [6.07, 6.45) is -3.80. The molecule has 0 saturated heterocycles. The first-order chi connectivity index (χ1) is 17.2. The van der Waals surface area contributed by atoms with Crippen molar-refractivity contribution in [3.05, 3.63) is 53.7 Å². The first-order valence-corrected chi connectivity index (χ1v) is 10.9. The van der Waals surface area contributed by atoms with Crippen LogP contribution in [0.2, 0.25) is 0 Å². The molecule has 0 radical (unpaired) electrons. The average molecular weight is 506 g/mol. The molecule has 3 aromatic rings. The molecule has 12 heteroatoms. The van der Waals surface area contributed by atoms with E-state index in [4.69, 9.17) is 18.9 Å². The summed E-state index contributed by atoms with van der Waals surface area (Å²) in [6.45, 7) is 0. The van der Waals surface area contributed by atoms with Crippen molar-refractivity contribution >= 4 is 17.4 Å². The number of carbonyl (C=O) groups is 1. The Morgan fingerprint density at radius 2 is 1.58 bits per heavy atom. The number of benzene rings is 2. The van der Waals surface area contributed by atoms with Crippen molar-refractivity contribution in [3.63, 3.8) is 0 Å². The highest BCUT2D eigenvalue weighted by Crippen LogP contribution is 2.45. The zero-order valence-electron chi connectivity index (χ0n) is 20.0. The lowest BCUT2D eigenvalue weighted by molar-refractivity contribution is -0.173. The minimum absolute atomic E-state index is 0.0378. The number of fused-ring (bicyclic) bond motifs is 1. The lowest BCUT2D eigenvalue weighted by Crippen LogP contribution is -2.36. The number of carbonyl (C=O) groups excluding carboxylic acids is 1. The van der Waals surface area contributed by atoms with Gasteiger partial charge in [-0.05, 0) is 29.8 Å². The quantitative estimate of drug-likeness (QED) is 0.474. The molecule has 0 unspecified atom stereocenters. The molecular formula is C24H25F3N4O5. The van der Waals surface area contributed by atoms with Gasteiger partial charge in [-0.25, -0.2) is 4.68 Å². The number of rotatable bonds is 7. The van der Waals surface area contributed by atoms with Gasteiger partial charge < -0.3 is 29.6 Å². The first kappa shape index (κ1) is 25.0. The molecule has 4 rings (SSSR count). The maximum atomic E-state index is 14.0. The van der Waals surface area contributed by atoms with E-state index in [0.29, 0.717) is 34.2 Å². The molecule has 1 amide bonds. The Bertz CT molecular complexity index is 1260. The number of alkyl halides is 3. The van der Waals surface area contributed by atoms with E-state index in [1.807, 2.05) is 0 Å². The minimum Gasteiger partial charge on any atom is -0.493 e. The second-order valence-electron chi connectivity index (χ2n) is 7.98. The van der Waals surface area contributed by atoms with E-state index in [0.717, 1.165) is 10.9 Å². The van der Waals surface area contributed by atoms with Gasteiger partial charge in [0.15, 0.2) is 29.0 Å². The van der Waals surface area contributed by atoms with Crippen LogP contribution in [0, 0.1) is 0 Å². The number of methoxy groups -OCH3 is 4. The average Bonchev–Trinajstić information content (AvgIpc) is 3.31. The van der Waals surface area contributed by atoms with Crippen LogP contribution in [-0.4, -0.2) is 50.3 Å². The number of nitrogens with zero attached hydrogens (tertiary/aromatic N) is 2. The van der Waals surface area contributed by atoms with Crippen LogP contribution in [0.4, 0.5) is 24.7 Å². The van der Waals surface area contributed by atoms with E-state index in [-0.39, 0.29) is 17.8 Å².